The molecule has 21 heavy (non-hydrogen) atoms. The highest BCUT2D eigenvalue weighted by molar-refractivity contribution is 5.93. The predicted octanol–water partition coefficient (Wildman–Crippen LogP) is 5.12. The van der Waals surface area contributed by atoms with Gasteiger partial charge < -0.3 is 9.84 Å². The molecule has 0 aromatic heterocycles. The third-order valence-electron chi connectivity index (χ3n) is 3.03. The molecule has 0 saturated carbocycles. The number of ether oxygens (including phenoxy) is 1. The van der Waals surface area contributed by atoms with Crippen molar-refractivity contribution >= 4 is 10.8 Å². The van der Waals surface area contributed by atoms with E-state index in [0.29, 0.717) is 5.56 Å². The molecule has 0 saturated heterocycles. The lowest BCUT2D eigenvalue weighted by atomic mass is 9.94. The zero-order valence-electron chi connectivity index (χ0n) is 12.7. The van der Waals surface area contributed by atoms with Crippen molar-refractivity contribution in [2.45, 2.75) is 33.6 Å². The van der Waals surface area contributed by atoms with Crippen molar-refractivity contribution in [1.29, 1.82) is 0 Å². The number of aromatic hydroxyl groups is 1. The van der Waals surface area contributed by atoms with E-state index >= 15 is 0 Å². The molecule has 0 spiro atoms. The van der Waals surface area contributed by atoms with Gasteiger partial charge in [0.15, 0.2) is 17.4 Å². The molecule has 0 bridgehead atoms. The Hall–Kier alpha value is -1.91. The van der Waals surface area contributed by atoms with E-state index in [1.165, 1.54) is 13.2 Å². The molecule has 0 heterocycles. The molecule has 5 heteroatoms. The van der Waals surface area contributed by atoms with Gasteiger partial charge in [-0.2, -0.15) is 4.39 Å². The van der Waals surface area contributed by atoms with Crippen molar-refractivity contribution in [3.63, 3.8) is 0 Å². The van der Waals surface area contributed by atoms with Crippen LogP contribution < -0.4 is 4.74 Å². The van der Waals surface area contributed by atoms with Gasteiger partial charge in [-0.05, 0) is 23.6 Å². The van der Waals surface area contributed by atoms with E-state index in [2.05, 4.69) is 0 Å². The van der Waals surface area contributed by atoms with Gasteiger partial charge in [0, 0.05) is 10.8 Å². The Morgan fingerprint density at radius 2 is 1.57 bits per heavy atom. The average Bonchev–Trinajstić information content (AvgIpc) is 2.47. The van der Waals surface area contributed by atoms with E-state index < -0.39 is 17.5 Å². The molecule has 1 N–H and O–H groups in total. The highest BCUT2D eigenvalue weighted by Crippen LogP contribution is 2.40. The van der Waals surface area contributed by atoms with Crippen LogP contribution in [0.15, 0.2) is 12.1 Å². The van der Waals surface area contributed by atoms with Crippen LogP contribution in [-0.2, 0) is 0 Å². The number of fused-ring (bicyclic) bond motifs is 1. The Bertz CT molecular complexity index is 652. The molecule has 2 rings (SSSR count). The van der Waals surface area contributed by atoms with E-state index in [1.54, 1.807) is 13.8 Å². The van der Waals surface area contributed by atoms with Crippen LogP contribution in [-0.4, -0.2) is 12.2 Å². The first-order chi connectivity index (χ1) is 9.88. The van der Waals surface area contributed by atoms with E-state index in [9.17, 15) is 18.3 Å². The molecule has 0 fully saturated rings. The van der Waals surface area contributed by atoms with Gasteiger partial charge in [0.05, 0.1) is 7.11 Å². The summed E-state index contributed by atoms with van der Waals surface area (Å²) >= 11 is 0. The number of methoxy groups -OCH3 is 1. The first kappa shape index (κ1) is 17.1. The number of phenols is 1. The van der Waals surface area contributed by atoms with E-state index in [4.69, 9.17) is 4.74 Å². The molecule has 0 aliphatic heterocycles. The van der Waals surface area contributed by atoms with Crippen LogP contribution in [0.5, 0.6) is 11.5 Å². The van der Waals surface area contributed by atoms with Gasteiger partial charge in [0.1, 0.15) is 5.75 Å². The van der Waals surface area contributed by atoms with Gasteiger partial charge in [-0.15, -0.1) is 0 Å². The Labute approximate surface area is 122 Å². The van der Waals surface area contributed by atoms with E-state index in [1.807, 2.05) is 13.8 Å². The van der Waals surface area contributed by atoms with Crippen molar-refractivity contribution in [2.24, 2.45) is 0 Å². The molecule has 2 aromatic rings. The lowest BCUT2D eigenvalue weighted by molar-refractivity contribution is 0.367. The molecule has 0 aliphatic rings. The lowest BCUT2D eigenvalue weighted by Crippen LogP contribution is -2.01. The van der Waals surface area contributed by atoms with Gasteiger partial charge in [-0.25, -0.2) is 8.78 Å². The molecule has 0 unspecified atom stereocenters. The third kappa shape index (κ3) is 2.91. The van der Waals surface area contributed by atoms with Gasteiger partial charge in [-0.3, -0.25) is 0 Å². The monoisotopic (exact) mass is 300 g/mol. The van der Waals surface area contributed by atoms with Crippen molar-refractivity contribution < 1.29 is 23.0 Å². The minimum absolute atomic E-state index is 0.118. The second-order valence-electron chi connectivity index (χ2n) is 4.59. The molecule has 0 radical (unpaired) electrons. The van der Waals surface area contributed by atoms with E-state index in [-0.39, 0.29) is 28.2 Å². The summed E-state index contributed by atoms with van der Waals surface area (Å²) < 4.78 is 45.9. The van der Waals surface area contributed by atoms with Gasteiger partial charge >= 0.3 is 0 Å². The van der Waals surface area contributed by atoms with Gasteiger partial charge in [0.2, 0.25) is 5.82 Å². The topological polar surface area (TPSA) is 29.5 Å². The zero-order valence-corrected chi connectivity index (χ0v) is 12.7. The first-order valence-electron chi connectivity index (χ1n) is 6.75. The molecule has 0 aliphatic carbocycles. The maximum absolute atomic E-state index is 13.8. The molecule has 0 atom stereocenters. The minimum Gasteiger partial charge on any atom is -0.508 e. The summed E-state index contributed by atoms with van der Waals surface area (Å²) in [4.78, 5) is 0. The molecule has 0 amide bonds. The second kappa shape index (κ2) is 6.70. The highest BCUT2D eigenvalue weighted by atomic mass is 19.2. The smallest absolute Gasteiger partial charge is 0.204 e. The van der Waals surface area contributed by atoms with Crippen LogP contribution in [0.3, 0.4) is 0 Å². The molecule has 2 aromatic carbocycles. The maximum Gasteiger partial charge on any atom is 0.204 e. The number of hydrogen-bond acceptors (Lipinski definition) is 2. The Balaban J connectivity index is 0.00000106. The summed E-state index contributed by atoms with van der Waals surface area (Å²) in [6, 6.07) is 2.45. The summed E-state index contributed by atoms with van der Waals surface area (Å²) in [5.74, 6) is -4.97. The highest BCUT2D eigenvalue weighted by Gasteiger charge is 2.24. The van der Waals surface area contributed by atoms with Crippen LogP contribution in [0.4, 0.5) is 13.2 Å². The van der Waals surface area contributed by atoms with Crippen molar-refractivity contribution in [2.75, 3.05) is 7.11 Å². The van der Waals surface area contributed by atoms with Crippen molar-refractivity contribution in [3.05, 3.63) is 35.1 Å². The fourth-order valence-electron chi connectivity index (χ4n) is 2.15. The largest absolute Gasteiger partial charge is 0.508 e. The Kier molecular flexibility index (Phi) is 5.47. The van der Waals surface area contributed by atoms with Crippen LogP contribution >= 0.6 is 0 Å². The summed E-state index contributed by atoms with van der Waals surface area (Å²) in [5.41, 5.74) is 0.490. The number of benzene rings is 2. The fourth-order valence-corrected chi connectivity index (χ4v) is 2.15. The standard InChI is InChI=1S/C14H13F3O2.C2H6/c1-6(2)8-4-7(18)5-9-10(8)14(19-3)13(17)12(16)11(9)15;1-2/h4-6,18H,1-3H3;1-2H3. The maximum atomic E-state index is 13.8. The second-order valence-corrected chi connectivity index (χ2v) is 4.59. The van der Waals surface area contributed by atoms with Crippen LogP contribution in [0.25, 0.3) is 10.8 Å². The predicted molar refractivity (Wildman–Crippen MR) is 77.5 cm³/mol. The molecule has 2 nitrogen and oxygen atoms in total. The van der Waals surface area contributed by atoms with Crippen molar-refractivity contribution in [3.8, 4) is 11.5 Å². The number of halogens is 3. The van der Waals surface area contributed by atoms with Gasteiger partial charge in [-0.1, -0.05) is 27.7 Å². The van der Waals surface area contributed by atoms with Crippen LogP contribution in [0.1, 0.15) is 39.2 Å². The Morgan fingerprint density at radius 1 is 1.00 bits per heavy atom. The molecule has 116 valence electrons. The quantitative estimate of drug-likeness (QED) is 0.780. The number of rotatable bonds is 2. The Morgan fingerprint density at radius 3 is 2.05 bits per heavy atom. The summed E-state index contributed by atoms with van der Waals surface area (Å²) in [5, 5.41) is 9.53. The van der Waals surface area contributed by atoms with Crippen LogP contribution in [0.2, 0.25) is 0 Å². The summed E-state index contributed by atoms with van der Waals surface area (Å²) in [6.45, 7) is 7.60. The first-order valence-corrected chi connectivity index (χ1v) is 6.75. The SMILES string of the molecule is CC.COc1c(F)c(F)c(F)c2cc(O)cc(C(C)C)c12. The zero-order chi connectivity index (χ0) is 16.3. The normalized spacial score (nSPS) is 10.5. The van der Waals surface area contributed by atoms with Crippen LogP contribution in [0, 0.1) is 17.5 Å². The van der Waals surface area contributed by atoms with Crippen molar-refractivity contribution in [1.82, 2.24) is 0 Å². The third-order valence-corrected chi connectivity index (χ3v) is 3.03. The summed E-state index contributed by atoms with van der Waals surface area (Å²) in [6.07, 6.45) is 0. The number of hydrogen-bond donors (Lipinski definition) is 1. The molecular formula is C16H19F3O2. The minimum atomic E-state index is -1.61. The van der Waals surface area contributed by atoms with Gasteiger partial charge in [0.25, 0.3) is 0 Å². The average molecular weight is 300 g/mol. The lowest BCUT2D eigenvalue weighted by Gasteiger charge is -2.16. The molecular weight excluding hydrogens is 281 g/mol. The fraction of sp³-hybridized carbons (Fsp3) is 0.375. The summed E-state index contributed by atoms with van der Waals surface area (Å²) in [7, 11) is 1.19. The number of phenolic OH excluding ortho intramolecular Hbond substituents is 1. The van der Waals surface area contributed by atoms with E-state index in [0.717, 1.165) is 6.07 Å².